The van der Waals surface area contributed by atoms with Crippen LogP contribution in [0.5, 0.6) is 11.5 Å². The number of Topliss-reactive ketones (excluding diaryl/α,β-unsaturated/α-hetero) is 2. The molecule has 0 aromatic heterocycles. The summed E-state index contributed by atoms with van der Waals surface area (Å²) in [5.41, 5.74) is 9.73. The van der Waals surface area contributed by atoms with Crippen LogP contribution in [0.15, 0.2) is 72.8 Å². The predicted octanol–water partition coefficient (Wildman–Crippen LogP) is 8.97. The van der Waals surface area contributed by atoms with Gasteiger partial charge >= 0.3 is 0 Å². The minimum absolute atomic E-state index is 0.0828. The van der Waals surface area contributed by atoms with Crippen molar-refractivity contribution in [2.24, 2.45) is 0 Å². The SMILES string of the molecule is COc1ccc([C@@H](CC(=O)c2c(C)cc(C)cc2C)[C@H](CC(=O)c2c(C)cc(C)cc2C)c2ccc(OC)cc2)cc1. The van der Waals surface area contributed by atoms with E-state index in [1.54, 1.807) is 14.2 Å². The van der Waals surface area contributed by atoms with E-state index in [0.717, 1.165) is 67.1 Å². The van der Waals surface area contributed by atoms with Crippen molar-refractivity contribution >= 4 is 11.6 Å². The molecule has 0 aliphatic rings. The number of ether oxygens (including phenoxy) is 2. The van der Waals surface area contributed by atoms with Crippen LogP contribution in [0, 0.1) is 41.5 Å². The maximum Gasteiger partial charge on any atom is 0.164 e. The average molecular weight is 563 g/mol. The van der Waals surface area contributed by atoms with Crippen molar-refractivity contribution in [1.29, 1.82) is 0 Å². The lowest BCUT2D eigenvalue weighted by Gasteiger charge is -2.29. The quantitative estimate of drug-likeness (QED) is 0.171. The average Bonchev–Trinajstić information content (AvgIpc) is 2.94. The third-order valence-electron chi connectivity index (χ3n) is 8.30. The fraction of sp³-hybridized carbons (Fsp3) is 0.316. The molecule has 0 saturated carbocycles. The lowest BCUT2D eigenvalue weighted by molar-refractivity contribution is 0.0935. The Morgan fingerprint density at radius 3 is 1.07 bits per heavy atom. The minimum atomic E-state index is -0.244. The fourth-order valence-corrected chi connectivity index (χ4v) is 6.53. The Kier molecular flexibility index (Phi) is 9.67. The molecule has 0 saturated heterocycles. The van der Waals surface area contributed by atoms with Crippen molar-refractivity contribution in [3.63, 3.8) is 0 Å². The number of carbonyl (C=O) groups is 2. The second kappa shape index (κ2) is 13.2. The summed E-state index contributed by atoms with van der Waals surface area (Å²) in [7, 11) is 3.29. The molecule has 4 aromatic carbocycles. The highest BCUT2D eigenvalue weighted by atomic mass is 16.5. The highest BCUT2D eigenvalue weighted by Gasteiger charge is 2.31. The molecule has 0 bridgehead atoms. The molecule has 2 atom stereocenters. The summed E-state index contributed by atoms with van der Waals surface area (Å²) in [6.07, 6.45) is 0.541. The number of benzene rings is 4. The Labute approximate surface area is 250 Å². The van der Waals surface area contributed by atoms with Crippen LogP contribution < -0.4 is 9.47 Å². The summed E-state index contributed by atoms with van der Waals surface area (Å²) < 4.78 is 10.9. The zero-order valence-electron chi connectivity index (χ0n) is 26.1. The van der Waals surface area contributed by atoms with E-state index >= 15 is 0 Å². The van der Waals surface area contributed by atoms with Gasteiger partial charge in [0.2, 0.25) is 0 Å². The van der Waals surface area contributed by atoms with E-state index in [1.165, 1.54) is 0 Å². The Morgan fingerprint density at radius 2 is 0.810 bits per heavy atom. The molecular weight excluding hydrogens is 520 g/mol. The second-order valence-corrected chi connectivity index (χ2v) is 11.6. The summed E-state index contributed by atoms with van der Waals surface area (Å²) >= 11 is 0. The monoisotopic (exact) mass is 562 g/mol. The van der Waals surface area contributed by atoms with Crippen LogP contribution in [0.2, 0.25) is 0 Å². The number of methoxy groups -OCH3 is 2. The summed E-state index contributed by atoms with van der Waals surface area (Å²) in [5.74, 6) is 1.17. The number of aryl methyl sites for hydroxylation is 6. The molecule has 0 radical (unpaired) electrons. The first-order chi connectivity index (χ1) is 20.0. The standard InChI is InChI=1S/C38H42O4/c1-23-17-25(3)37(26(4)18-23)35(39)21-33(29-9-13-31(41-7)14-10-29)34(30-11-15-32(42-8)16-12-30)22-36(40)38-27(5)19-24(2)20-28(38)6/h9-20,33-34H,21-22H2,1-8H3/t33-,34-/m1/s1. The number of ketones is 2. The van der Waals surface area contributed by atoms with Gasteiger partial charge in [-0.05, 0) is 111 Å². The van der Waals surface area contributed by atoms with Gasteiger partial charge in [0.25, 0.3) is 0 Å². The Hall–Kier alpha value is -4.18. The van der Waals surface area contributed by atoms with Crippen LogP contribution in [-0.4, -0.2) is 25.8 Å². The summed E-state index contributed by atoms with van der Waals surface area (Å²) in [5, 5.41) is 0. The van der Waals surface area contributed by atoms with E-state index in [1.807, 2.05) is 76.2 Å². The number of hydrogen-bond acceptors (Lipinski definition) is 4. The lowest BCUT2D eigenvalue weighted by Crippen LogP contribution is -2.21. The van der Waals surface area contributed by atoms with E-state index in [2.05, 4.69) is 38.1 Å². The molecule has 4 nitrogen and oxygen atoms in total. The lowest BCUT2D eigenvalue weighted by atomic mass is 9.74. The molecule has 0 unspecified atom stereocenters. The van der Waals surface area contributed by atoms with E-state index < -0.39 is 0 Å². The Bertz CT molecular complexity index is 1410. The number of carbonyl (C=O) groups excluding carboxylic acids is 2. The Balaban J connectivity index is 1.84. The molecule has 0 aliphatic carbocycles. The summed E-state index contributed by atoms with van der Waals surface area (Å²) in [4.78, 5) is 28.2. The topological polar surface area (TPSA) is 52.6 Å². The first kappa shape index (κ1) is 30.8. The first-order valence-corrected chi connectivity index (χ1v) is 14.5. The molecule has 0 fully saturated rings. The van der Waals surface area contributed by atoms with Gasteiger partial charge < -0.3 is 9.47 Å². The molecule has 4 rings (SSSR count). The van der Waals surface area contributed by atoms with Gasteiger partial charge in [-0.1, -0.05) is 59.7 Å². The van der Waals surface area contributed by atoms with Crippen molar-refractivity contribution < 1.29 is 19.1 Å². The molecule has 0 aliphatic heterocycles. The largest absolute Gasteiger partial charge is 0.497 e. The van der Waals surface area contributed by atoms with Crippen molar-refractivity contribution in [1.82, 2.24) is 0 Å². The van der Waals surface area contributed by atoms with Crippen molar-refractivity contribution in [3.05, 3.63) is 128 Å². The van der Waals surface area contributed by atoms with Crippen LogP contribution in [0.1, 0.15) is 89.9 Å². The number of hydrogen-bond donors (Lipinski definition) is 0. The predicted molar refractivity (Wildman–Crippen MR) is 171 cm³/mol. The Morgan fingerprint density at radius 1 is 0.524 bits per heavy atom. The fourth-order valence-electron chi connectivity index (χ4n) is 6.53. The van der Waals surface area contributed by atoms with Gasteiger partial charge in [-0.15, -0.1) is 0 Å². The van der Waals surface area contributed by atoms with Gasteiger partial charge in [0.1, 0.15) is 11.5 Å². The van der Waals surface area contributed by atoms with Gasteiger partial charge in [-0.25, -0.2) is 0 Å². The van der Waals surface area contributed by atoms with E-state index in [9.17, 15) is 9.59 Å². The number of rotatable bonds is 11. The van der Waals surface area contributed by atoms with Crippen LogP contribution >= 0.6 is 0 Å². The molecule has 0 amide bonds. The van der Waals surface area contributed by atoms with Crippen molar-refractivity contribution in [2.75, 3.05) is 14.2 Å². The van der Waals surface area contributed by atoms with Crippen LogP contribution in [0.3, 0.4) is 0 Å². The molecule has 218 valence electrons. The molecule has 4 heteroatoms. The van der Waals surface area contributed by atoms with Crippen LogP contribution in [-0.2, 0) is 0 Å². The molecule has 4 aromatic rings. The zero-order chi connectivity index (χ0) is 30.6. The van der Waals surface area contributed by atoms with Gasteiger partial charge in [0, 0.05) is 24.0 Å². The van der Waals surface area contributed by atoms with Crippen LogP contribution in [0.25, 0.3) is 0 Å². The minimum Gasteiger partial charge on any atom is -0.497 e. The van der Waals surface area contributed by atoms with Gasteiger partial charge in [0.05, 0.1) is 14.2 Å². The first-order valence-electron chi connectivity index (χ1n) is 14.5. The normalized spacial score (nSPS) is 12.5. The van der Waals surface area contributed by atoms with Crippen molar-refractivity contribution in [3.8, 4) is 11.5 Å². The maximum absolute atomic E-state index is 14.1. The van der Waals surface area contributed by atoms with Crippen molar-refractivity contribution in [2.45, 2.75) is 66.2 Å². The molecular formula is C38H42O4. The van der Waals surface area contributed by atoms with Gasteiger partial charge in [-0.3, -0.25) is 9.59 Å². The molecule has 42 heavy (non-hydrogen) atoms. The highest BCUT2D eigenvalue weighted by molar-refractivity contribution is 6.01. The van der Waals surface area contributed by atoms with Gasteiger partial charge in [-0.2, -0.15) is 0 Å². The highest BCUT2D eigenvalue weighted by Crippen LogP contribution is 2.41. The third-order valence-corrected chi connectivity index (χ3v) is 8.30. The zero-order valence-corrected chi connectivity index (χ0v) is 26.1. The van der Waals surface area contributed by atoms with Crippen LogP contribution in [0.4, 0.5) is 0 Å². The summed E-state index contributed by atoms with van der Waals surface area (Å²) in [6, 6.07) is 24.1. The van der Waals surface area contributed by atoms with E-state index in [-0.39, 0.29) is 36.2 Å². The maximum atomic E-state index is 14.1. The molecule has 0 N–H and O–H groups in total. The second-order valence-electron chi connectivity index (χ2n) is 11.6. The molecule has 0 spiro atoms. The third kappa shape index (κ3) is 6.82. The van der Waals surface area contributed by atoms with E-state index in [4.69, 9.17) is 9.47 Å². The molecule has 0 heterocycles. The van der Waals surface area contributed by atoms with E-state index in [0.29, 0.717) is 0 Å². The smallest absolute Gasteiger partial charge is 0.164 e. The summed E-state index contributed by atoms with van der Waals surface area (Å²) in [6.45, 7) is 12.1. The van der Waals surface area contributed by atoms with Gasteiger partial charge in [0.15, 0.2) is 11.6 Å².